The van der Waals surface area contributed by atoms with E-state index in [4.69, 9.17) is 0 Å². The molecule has 0 bridgehead atoms. The van der Waals surface area contributed by atoms with Crippen LogP contribution in [-0.2, 0) is 0 Å². The second-order valence-electron chi connectivity index (χ2n) is 1.99. The maximum Gasteiger partial charge on any atom is 0.0283 e. The molecule has 0 nitrogen and oxygen atoms in total. The lowest BCUT2D eigenvalue weighted by molar-refractivity contribution is 0.674. The van der Waals surface area contributed by atoms with Crippen LogP contribution in [0.4, 0.5) is 0 Å². The van der Waals surface area contributed by atoms with Gasteiger partial charge in [0.15, 0.2) is 0 Å². The molecule has 0 radical (unpaired) electrons. The molecule has 0 heterocycles. The van der Waals surface area contributed by atoms with Crippen LogP contribution in [0.2, 0.25) is 0 Å². The third-order valence-corrected chi connectivity index (χ3v) is 2.43. The molecule has 0 aromatic carbocycles. The van der Waals surface area contributed by atoms with E-state index >= 15 is 0 Å². The summed E-state index contributed by atoms with van der Waals surface area (Å²) in [6.45, 7) is 0. The van der Waals surface area contributed by atoms with Crippen LogP contribution in [0.5, 0.6) is 0 Å². The molecule has 0 amide bonds. The quantitative estimate of drug-likeness (QED) is 0.359. The predicted octanol–water partition coefficient (Wildman–Crippen LogP) is 1.71. The van der Waals surface area contributed by atoms with Crippen molar-refractivity contribution in [1.29, 1.82) is 0 Å². The molecule has 1 saturated carbocycles. The van der Waals surface area contributed by atoms with Crippen molar-refractivity contribution in [3.8, 4) is 0 Å². The molecular weight excluding hydrogens is 140 g/mol. The van der Waals surface area contributed by atoms with E-state index in [2.05, 4.69) is 22.0 Å². The summed E-state index contributed by atoms with van der Waals surface area (Å²) >= 11 is 3.52. The molecule has 2 aliphatic carbocycles. The van der Waals surface area contributed by atoms with Crippen molar-refractivity contribution in [1.82, 2.24) is 0 Å². The second kappa shape index (κ2) is 0.738. The molecule has 6 heavy (non-hydrogen) atoms. The average Bonchev–Trinajstić information content (AvgIpc) is 2.12. The Kier molecular flexibility index (Phi) is 0.400. The van der Waals surface area contributed by atoms with E-state index in [-0.39, 0.29) is 0 Å². The first kappa shape index (κ1) is 3.25. The maximum absolute atomic E-state index is 3.52. The van der Waals surface area contributed by atoms with E-state index in [1.165, 1.54) is 6.42 Å². The Morgan fingerprint density at radius 2 is 2.67 bits per heavy atom. The summed E-state index contributed by atoms with van der Waals surface area (Å²) < 4.78 is 0. The minimum atomic E-state index is 0.826. The molecule has 0 aromatic heterocycles. The smallest absolute Gasteiger partial charge is 0.0283 e. The normalized spacial score (nSPS) is 49.2. The molecule has 0 saturated heterocycles. The fraction of sp³-hybridized carbons (Fsp3) is 0.600. The SMILES string of the molecule is BrC1CC2=CC21. The van der Waals surface area contributed by atoms with Crippen LogP contribution < -0.4 is 0 Å². The molecule has 2 atom stereocenters. The molecular formula is C5H5Br. The Hall–Kier alpha value is 0.220. The maximum atomic E-state index is 3.52. The van der Waals surface area contributed by atoms with Gasteiger partial charge in [0, 0.05) is 10.7 Å². The third-order valence-electron chi connectivity index (χ3n) is 1.53. The van der Waals surface area contributed by atoms with E-state index in [1.807, 2.05) is 0 Å². The van der Waals surface area contributed by atoms with Crippen LogP contribution in [0.25, 0.3) is 0 Å². The summed E-state index contributed by atoms with van der Waals surface area (Å²) in [5.74, 6) is 0.907. The van der Waals surface area contributed by atoms with Gasteiger partial charge in [-0.25, -0.2) is 0 Å². The van der Waals surface area contributed by atoms with Crippen molar-refractivity contribution >= 4 is 15.9 Å². The van der Waals surface area contributed by atoms with Gasteiger partial charge in [-0.3, -0.25) is 0 Å². The molecule has 32 valence electrons. The zero-order chi connectivity index (χ0) is 4.15. The van der Waals surface area contributed by atoms with Crippen molar-refractivity contribution < 1.29 is 0 Å². The first-order valence-corrected chi connectivity index (χ1v) is 3.14. The van der Waals surface area contributed by atoms with Crippen LogP contribution in [-0.4, -0.2) is 4.83 Å². The van der Waals surface area contributed by atoms with Gasteiger partial charge in [0.25, 0.3) is 0 Å². The molecule has 2 aliphatic rings. The fourth-order valence-electron chi connectivity index (χ4n) is 0.915. The van der Waals surface area contributed by atoms with E-state index in [0.717, 1.165) is 10.7 Å². The summed E-state index contributed by atoms with van der Waals surface area (Å²) in [6, 6.07) is 0. The van der Waals surface area contributed by atoms with Crippen LogP contribution in [0.15, 0.2) is 11.6 Å². The van der Waals surface area contributed by atoms with Gasteiger partial charge < -0.3 is 0 Å². The third kappa shape index (κ3) is 0.216. The van der Waals surface area contributed by atoms with Crippen molar-refractivity contribution in [2.24, 2.45) is 5.92 Å². The van der Waals surface area contributed by atoms with Crippen molar-refractivity contribution in [2.45, 2.75) is 11.2 Å². The summed E-state index contributed by atoms with van der Waals surface area (Å²) in [6.07, 6.45) is 3.66. The van der Waals surface area contributed by atoms with E-state index in [1.54, 1.807) is 5.57 Å². The Morgan fingerprint density at radius 1 is 1.83 bits per heavy atom. The lowest BCUT2D eigenvalue weighted by Crippen LogP contribution is -2.12. The zero-order valence-corrected chi connectivity index (χ0v) is 4.90. The molecule has 0 N–H and O–H groups in total. The number of rotatable bonds is 0. The predicted molar refractivity (Wildman–Crippen MR) is 28.9 cm³/mol. The standard InChI is InChI=1S/C5H5Br/c6-5-2-3-1-4(3)5/h1,4-5H,2H2. The Labute approximate surface area is 45.4 Å². The highest BCUT2D eigenvalue weighted by atomic mass is 79.9. The average molecular weight is 145 g/mol. The van der Waals surface area contributed by atoms with E-state index in [0.29, 0.717) is 0 Å². The molecule has 2 unspecified atom stereocenters. The highest BCUT2D eigenvalue weighted by Crippen LogP contribution is 2.51. The first-order chi connectivity index (χ1) is 2.88. The van der Waals surface area contributed by atoms with Gasteiger partial charge in [-0.1, -0.05) is 27.6 Å². The number of allylic oxidation sites excluding steroid dienone is 2. The van der Waals surface area contributed by atoms with E-state index < -0.39 is 0 Å². The molecule has 0 aliphatic heterocycles. The van der Waals surface area contributed by atoms with Gasteiger partial charge in [0.05, 0.1) is 0 Å². The van der Waals surface area contributed by atoms with Crippen LogP contribution in [0.1, 0.15) is 6.42 Å². The second-order valence-corrected chi connectivity index (χ2v) is 3.16. The number of hydrogen-bond acceptors (Lipinski definition) is 0. The minimum absolute atomic E-state index is 0.826. The van der Waals surface area contributed by atoms with Gasteiger partial charge in [0.2, 0.25) is 0 Å². The van der Waals surface area contributed by atoms with Gasteiger partial charge >= 0.3 is 0 Å². The summed E-state index contributed by atoms with van der Waals surface area (Å²) in [5, 5.41) is 0. The summed E-state index contributed by atoms with van der Waals surface area (Å²) in [4.78, 5) is 0.826. The molecule has 1 fully saturated rings. The van der Waals surface area contributed by atoms with Gasteiger partial charge in [-0.05, 0) is 6.42 Å². The lowest BCUT2D eigenvalue weighted by atomic mass is 9.99. The van der Waals surface area contributed by atoms with Gasteiger partial charge in [0.1, 0.15) is 0 Å². The number of fused-ring (bicyclic) bond motifs is 1. The van der Waals surface area contributed by atoms with E-state index in [9.17, 15) is 0 Å². The largest absolute Gasteiger partial charge is 0.0877 e. The first-order valence-electron chi connectivity index (χ1n) is 2.22. The monoisotopic (exact) mass is 144 g/mol. The van der Waals surface area contributed by atoms with Crippen LogP contribution >= 0.6 is 15.9 Å². The summed E-state index contributed by atoms with van der Waals surface area (Å²) in [7, 11) is 0. The highest BCUT2D eigenvalue weighted by molar-refractivity contribution is 9.09. The molecule has 0 spiro atoms. The minimum Gasteiger partial charge on any atom is -0.0877 e. The van der Waals surface area contributed by atoms with Crippen LogP contribution in [0.3, 0.4) is 0 Å². The lowest BCUT2D eigenvalue weighted by Gasteiger charge is -2.16. The van der Waals surface area contributed by atoms with Crippen molar-refractivity contribution in [2.75, 3.05) is 0 Å². The summed E-state index contributed by atoms with van der Waals surface area (Å²) in [5.41, 5.74) is 1.68. The van der Waals surface area contributed by atoms with Crippen LogP contribution in [0, 0.1) is 5.92 Å². The Balaban J connectivity index is 2.17. The molecule has 1 heteroatoms. The fourth-order valence-corrected chi connectivity index (χ4v) is 1.78. The Bertz CT molecular complexity index is 115. The number of alkyl halides is 1. The molecule has 0 aromatic rings. The zero-order valence-electron chi connectivity index (χ0n) is 3.32. The van der Waals surface area contributed by atoms with Gasteiger partial charge in [-0.15, -0.1) is 0 Å². The van der Waals surface area contributed by atoms with Crippen molar-refractivity contribution in [3.05, 3.63) is 11.6 Å². The number of halogens is 1. The topological polar surface area (TPSA) is 0 Å². The van der Waals surface area contributed by atoms with Gasteiger partial charge in [-0.2, -0.15) is 0 Å². The molecule has 2 rings (SSSR count). The highest BCUT2D eigenvalue weighted by Gasteiger charge is 2.41. The number of hydrogen-bond donors (Lipinski definition) is 0. The Morgan fingerprint density at radius 3 is 2.67 bits per heavy atom. The van der Waals surface area contributed by atoms with Crippen molar-refractivity contribution in [3.63, 3.8) is 0 Å².